The van der Waals surface area contributed by atoms with Gasteiger partial charge in [0, 0.05) is 19.0 Å². The molecule has 0 aliphatic heterocycles. The number of alkyl halides is 2. The molecule has 0 radical (unpaired) electrons. The molecule has 0 aliphatic carbocycles. The van der Waals surface area contributed by atoms with E-state index in [0.29, 0.717) is 4.31 Å². The lowest BCUT2D eigenvalue weighted by atomic mass is 10.1. The van der Waals surface area contributed by atoms with Gasteiger partial charge in [0.25, 0.3) is 10.0 Å². The zero-order chi connectivity index (χ0) is 12.9. The molecule has 0 aromatic heterocycles. The summed E-state index contributed by atoms with van der Waals surface area (Å²) in [6, 6.07) is 0. The number of sulfonamides is 1. The quantitative estimate of drug-likeness (QED) is 0.309. The average molecular weight is 259 g/mol. The average Bonchev–Trinajstić information content (AvgIpc) is 2.23. The molecule has 0 heterocycles. The Hall–Kier alpha value is -0.960. The van der Waals surface area contributed by atoms with Crippen LogP contribution in [0, 0.1) is 5.92 Å². The van der Waals surface area contributed by atoms with Gasteiger partial charge in [-0.1, -0.05) is 19.0 Å². The van der Waals surface area contributed by atoms with Crippen molar-refractivity contribution in [2.24, 2.45) is 16.8 Å². The monoisotopic (exact) mass is 259 g/mol. The normalized spacial score (nSPS) is 15.8. The van der Waals surface area contributed by atoms with Crippen LogP contribution in [0.25, 0.3) is 0 Å². The molecule has 1 unspecified atom stereocenters. The van der Waals surface area contributed by atoms with Gasteiger partial charge < -0.3 is 10.9 Å². The van der Waals surface area contributed by atoms with E-state index in [1.54, 1.807) is 0 Å². The molecule has 0 amide bonds. The summed E-state index contributed by atoms with van der Waals surface area (Å²) < 4.78 is 47.4. The van der Waals surface area contributed by atoms with Gasteiger partial charge in [0.15, 0.2) is 0 Å². The highest BCUT2D eigenvalue weighted by molar-refractivity contribution is 7.89. The van der Waals surface area contributed by atoms with Crippen molar-refractivity contribution in [1.82, 2.24) is 4.31 Å². The maximum atomic E-state index is 12.2. The highest BCUT2D eigenvalue weighted by Gasteiger charge is 2.32. The molecule has 1 atom stereocenters. The molecule has 0 spiro atoms. The molecule has 0 rings (SSSR count). The third kappa shape index (κ3) is 3.56. The van der Waals surface area contributed by atoms with Crippen LogP contribution in [0.15, 0.2) is 5.16 Å². The van der Waals surface area contributed by atoms with Crippen LogP contribution >= 0.6 is 0 Å². The Morgan fingerprint density at radius 1 is 1.56 bits per heavy atom. The number of hydrogen-bond donors (Lipinski definition) is 2. The number of oxime groups is 1. The summed E-state index contributed by atoms with van der Waals surface area (Å²) in [5.74, 6) is -4.31. The summed E-state index contributed by atoms with van der Waals surface area (Å²) in [6.07, 6.45) is 0. The SMILES string of the molecule is CCN(CC(C)C(N)=NO)S(=O)(=O)C(F)F. The van der Waals surface area contributed by atoms with E-state index in [1.807, 2.05) is 0 Å². The first-order chi connectivity index (χ1) is 7.27. The Labute approximate surface area is 92.8 Å². The molecule has 0 saturated carbocycles. The van der Waals surface area contributed by atoms with Crippen molar-refractivity contribution in [2.45, 2.75) is 19.6 Å². The standard InChI is InChI=1S/C7H15F2N3O3S/c1-3-12(16(14,15)7(8)9)4-5(2)6(10)11-13/h5,7,13H,3-4H2,1-2H3,(H2,10,11). The lowest BCUT2D eigenvalue weighted by molar-refractivity contribution is 0.218. The van der Waals surface area contributed by atoms with Gasteiger partial charge in [-0.3, -0.25) is 0 Å². The fraction of sp³-hybridized carbons (Fsp3) is 0.857. The van der Waals surface area contributed by atoms with Crippen LogP contribution in [0.1, 0.15) is 13.8 Å². The van der Waals surface area contributed by atoms with Crippen molar-refractivity contribution in [3.8, 4) is 0 Å². The first-order valence-electron chi connectivity index (χ1n) is 4.51. The predicted octanol–water partition coefficient (Wildman–Crippen LogP) is 0.243. The topological polar surface area (TPSA) is 96.0 Å². The second-order valence-corrected chi connectivity index (χ2v) is 5.08. The Balaban J connectivity index is 4.79. The van der Waals surface area contributed by atoms with Crippen LogP contribution in [-0.2, 0) is 10.0 Å². The minimum absolute atomic E-state index is 0.101. The summed E-state index contributed by atoms with van der Waals surface area (Å²) >= 11 is 0. The number of halogens is 2. The van der Waals surface area contributed by atoms with Gasteiger partial charge in [-0.15, -0.1) is 0 Å². The first kappa shape index (κ1) is 15.0. The molecule has 9 heteroatoms. The van der Waals surface area contributed by atoms with Crippen molar-refractivity contribution < 1.29 is 22.4 Å². The molecule has 3 N–H and O–H groups in total. The van der Waals surface area contributed by atoms with Gasteiger partial charge in [0.2, 0.25) is 0 Å². The van der Waals surface area contributed by atoms with Crippen LogP contribution in [0.2, 0.25) is 0 Å². The highest BCUT2D eigenvalue weighted by atomic mass is 32.2. The molecule has 0 fully saturated rings. The van der Waals surface area contributed by atoms with Gasteiger partial charge in [-0.2, -0.15) is 13.1 Å². The van der Waals surface area contributed by atoms with Crippen molar-refractivity contribution >= 4 is 15.9 Å². The zero-order valence-corrected chi connectivity index (χ0v) is 9.79. The molecule has 0 aromatic rings. The smallest absolute Gasteiger partial charge is 0.350 e. The third-order valence-corrected chi connectivity index (χ3v) is 3.61. The number of nitrogens with zero attached hydrogens (tertiary/aromatic N) is 2. The molecule has 16 heavy (non-hydrogen) atoms. The minimum Gasteiger partial charge on any atom is -0.409 e. The second kappa shape index (κ2) is 5.94. The first-order valence-corrected chi connectivity index (χ1v) is 6.02. The van der Waals surface area contributed by atoms with E-state index in [4.69, 9.17) is 10.9 Å². The molecular weight excluding hydrogens is 244 g/mol. The number of nitrogens with two attached hydrogens (primary N) is 1. The van der Waals surface area contributed by atoms with Crippen molar-refractivity contribution in [2.75, 3.05) is 13.1 Å². The van der Waals surface area contributed by atoms with E-state index in [1.165, 1.54) is 13.8 Å². The van der Waals surface area contributed by atoms with Crippen LogP contribution in [-0.4, -0.2) is 42.6 Å². The van der Waals surface area contributed by atoms with Gasteiger partial charge in [0.1, 0.15) is 5.84 Å². The molecule has 0 saturated heterocycles. The van der Waals surface area contributed by atoms with E-state index >= 15 is 0 Å². The summed E-state index contributed by atoms with van der Waals surface area (Å²) in [4.78, 5) is 0. The van der Waals surface area contributed by atoms with E-state index in [0.717, 1.165) is 0 Å². The third-order valence-electron chi connectivity index (χ3n) is 2.04. The Kier molecular flexibility index (Phi) is 5.59. The fourth-order valence-electron chi connectivity index (χ4n) is 1.02. The van der Waals surface area contributed by atoms with Gasteiger partial charge in [0.05, 0.1) is 0 Å². The molecule has 6 nitrogen and oxygen atoms in total. The maximum Gasteiger partial charge on any atom is 0.350 e. The second-order valence-electron chi connectivity index (χ2n) is 3.18. The summed E-state index contributed by atoms with van der Waals surface area (Å²) in [5, 5.41) is 11.0. The number of rotatable bonds is 6. The minimum atomic E-state index is -4.62. The highest BCUT2D eigenvalue weighted by Crippen LogP contribution is 2.13. The van der Waals surface area contributed by atoms with Gasteiger partial charge >= 0.3 is 5.76 Å². The lowest BCUT2D eigenvalue weighted by Crippen LogP contribution is -2.41. The molecule has 0 bridgehead atoms. The number of amidine groups is 1. The number of hydrogen-bond acceptors (Lipinski definition) is 4. The lowest BCUT2D eigenvalue weighted by Gasteiger charge is -2.22. The molecule has 0 aromatic carbocycles. The summed E-state index contributed by atoms with van der Waals surface area (Å²) in [6.45, 7) is 2.55. The summed E-state index contributed by atoms with van der Waals surface area (Å²) in [7, 11) is -4.62. The Bertz CT molecular complexity index is 345. The largest absolute Gasteiger partial charge is 0.409 e. The fourth-order valence-corrected chi connectivity index (χ4v) is 2.04. The molecular formula is C7H15F2N3O3S. The van der Waals surface area contributed by atoms with Crippen LogP contribution in [0.3, 0.4) is 0 Å². The van der Waals surface area contributed by atoms with Crippen LogP contribution in [0.5, 0.6) is 0 Å². The van der Waals surface area contributed by atoms with E-state index in [9.17, 15) is 17.2 Å². The van der Waals surface area contributed by atoms with Crippen LogP contribution < -0.4 is 5.73 Å². The zero-order valence-electron chi connectivity index (χ0n) is 8.97. The van der Waals surface area contributed by atoms with E-state index < -0.39 is 21.7 Å². The Morgan fingerprint density at radius 3 is 2.38 bits per heavy atom. The van der Waals surface area contributed by atoms with Crippen molar-refractivity contribution in [3.05, 3.63) is 0 Å². The summed E-state index contributed by atoms with van der Waals surface area (Å²) in [5.41, 5.74) is 5.23. The van der Waals surface area contributed by atoms with Crippen molar-refractivity contribution in [1.29, 1.82) is 0 Å². The van der Waals surface area contributed by atoms with Crippen molar-refractivity contribution in [3.63, 3.8) is 0 Å². The maximum absolute atomic E-state index is 12.2. The van der Waals surface area contributed by atoms with E-state index in [-0.39, 0.29) is 18.9 Å². The van der Waals surface area contributed by atoms with Gasteiger partial charge in [-0.25, -0.2) is 8.42 Å². The van der Waals surface area contributed by atoms with Gasteiger partial charge in [-0.05, 0) is 0 Å². The van der Waals surface area contributed by atoms with E-state index in [2.05, 4.69) is 5.16 Å². The Morgan fingerprint density at radius 2 is 2.06 bits per heavy atom. The molecule has 0 aliphatic rings. The predicted molar refractivity (Wildman–Crippen MR) is 54.7 cm³/mol. The molecule has 96 valence electrons. The van der Waals surface area contributed by atoms with Crippen LogP contribution in [0.4, 0.5) is 8.78 Å².